The van der Waals surface area contributed by atoms with Crippen LogP contribution in [0.25, 0.3) is 0 Å². The van der Waals surface area contributed by atoms with Gasteiger partial charge in [-0.1, -0.05) is 0 Å². The van der Waals surface area contributed by atoms with E-state index in [-0.39, 0.29) is 50.9 Å². The molecule has 10 N–H and O–H groups in total. The molecule has 0 saturated carbocycles. The van der Waals surface area contributed by atoms with Crippen molar-refractivity contribution in [2.45, 2.75) is 150 Å². The maximum Gasteiger partial charge on any atom is 0.333 e. The molecule has 22 nitrogen and oxygen atoms in total. The van der Waals surface area contributed by atoms with Crippen molar-refractivity contribution in [1.82, 2.24) is 5.06 Å². The molecule has 310 valence electrons. The van der Waals surface area contributed by atoms with Gasteiger partial charge in [0, 0.05) is 38.7 Å². The number of aliphatic hydroxyl groups is 10. The average molecular weight is 786 g/mol. The molecule has 4 saturated heterocycles. The lowest BCUT2D eigenvalue weighted by atomic mass is 9.96. The minimum Gasteiger partial charge on any atom is -0.394 e. The summed E-state index contributed by atoms with van der Waals surface area (Å²) in [6.07, 6.45) is -23.6. The zero-order valence-corrected chi connectivity index (χ0v) is 29.3. The zero-order valence-electron chi connectivity index (χ0n) is 29.3. The number of aliphatic hydroxyl groups excluding tert-OH is 10. The topological polar surface area (TPSA) is 338 Å². The van der Waals surface area contributed by atoms with Crippen molar-refractivity contribution in [3.05, 3.63) is 0 Å². The summed E-state index contributed by atoms with van der Waals surface area (Å²) < 4.78 is 33.3. The van der Waals surface area contributed by atoms with E-state index in [1.165, 1.54) is 0 Å². The molecule has 0 aromatic rings. The van der Waals surface area contributed by atoms with E-state index >= 15 is 0 Å². The molecule has 0 unspecified atom stereocenters. The predicted octanol–water partition coefficient (Wildman–Crippen LogP) is -5.64. The number of hydrogen-bond acceptors (Lipinski definition) is 21. The van der Waals surface area contributed by atoms with Crippen LogP contribution >= 0.6 is 0 Å². The summed E-state index contributed by atoms with van der Waals surface area (Å²) >= 11 is 0. The predicted molar refractivity (Wildman–Crippen MR) is 169 cm³/mol. The highest BCUT2D eigenvalue weighted by atomic mass is 16.8. The second-order valence-corrected chi connectivity index (χ2v) is 13.5. The number of unbranched alkanes of at least 4 members (excludes halogenated alkanes) is 2. The molecule has 54 heavy (non-hydrogen) atoms. The van der Waals surface area contributed by atoms with E-state index in [2.05, 4.69) is 0 Å². The summed E-state index contributed by atoms with van der Waals surface area (Å²) in [6, 6.07) is 0. The van der Waals surface area contributed by atoms with Crippen LogP contribution in [0.3, 0.4) is 0 Å². The standard InChI is InChI=1S/C32H51NO21/c34-11-15-21(40)24(43)26(45)30(50-15)49-13-17-23(42)29(53-32-27(46)25(44)22(41)16(12-35)51-32)28(47)31(52-17)48-10-4-3-6-14(36)5-1-2-7-20(39)54-33-18(37)8-9-19(33)38/h15-17,21-32,34-35,40-47H,1-13H2/t15-,16-,17-,21-,22-,23-,24+,25+,26+,27+,28+,29+,30+,31-,32-/m1/s1. The first-order chi connectivity index (χ1) is 25.7. The van der Waals surface area contributed by atoms with Crippen LogP contribution in [0.2, 0.25) is 0 Å². The molecule has 0 radical (unpaired) electrons. The maximum absolute atomic E-state index is 12.4. The molecule has 0 spiro atoms. The van der Waals surface area contributed by atoms with Crippen molar-refractivity contribution in [3.63, 3.8) is 0 Å². The highest BCUT2D eigenvalue weighted by Crippen LogP contribution is 2.31. The number of hydrogen-bond donors (Lipinski definition) is 10. The molecule has 4 heterocycles. The van der Waals surface area contributed by atoms with Gasteiger partial charge in [-0.15, -0.1) is 5.06 Å². The zero-order chi connectivity index (χ0) is 39.7. The molecule has 4 aliphatic heterocycles. The van der Waals surface area contributed by atoms with E-state index in [1.807, 2.05) is 0 Å². The van der Waals surface area contributed by atoms with E-state index in [9.17, 15) is 70.2 Å². The van der Waals surface area contributed by atoms with Crippen molar-refractivity contribution in [3.8, 4) is 0 Å². The normalized spacial score (nSPS) is 38.9. The van der Waals surface area contributed by atoms with Gasteiger partial charge in [-0.05, 0) is 25.7 Å². The smallest absolute Gasteiger partial charge is 0.333 e. The first kappa shape index (κ1) is 44.4. The fourth-order valence-electron chi connectivity index (χ4n) is 6.21. The summed E-state index contributed by atoms with van der Waals surface area (Å²) in [5.41, 5.74) is 0. The summed E-state index contributed by atoms with van der Waals surface area (Å²) in [4.78, 5) is 52.2. The highest BCUT2D eigenvalue weighted by molar-refractivity contribution is 6.01. The van der Waals surface area contributed by atoms with Crippen LogP contribution in [0, 0.1) is 0 Å². The number of rotatable bonds is 19. The van der Waals surface area contributed by atoms with Gasteiger partial charge in [-0.2, -0.15) is 0 Å². The molecule has 15 atom stereocenters. The first-order valence-corrected chi connectivity index (χ1v) is 17.8. The Hall–Kier alpha value is -2.36. The average Bonchev–Trinajstić information content (AvgIpc) is 3.46. The van der Waals surface area contributed by atoms with Gasteiger partial charge in [-0.25, -0.2) is 4.79 Å². The van der Waals surface area contributed by atoms with Crippen molar-refractivity contribution in [2.75, 3.05) is 26.4 Å². The second-order valence-electron chi connectivity index (χ2n) is 13.5. The van der Waals surface area contributed by atoms with Crippen molar-refractivity contribution < 1.29 is 104 Å². The molecule has 0 aliphatic carbocycles. The molecule has 2 amide bonds. The number of carbonyl (C=O) groups excluding carboxylic acids is 4. The number of imide groups is 1. The fraction of sp³-hybridized carbons (Fsp3) is 0.875. The van der Waals surface area contributed by atoms with Gasteiger partial charge < -0.3 is 84.3 Å². The largest absolute Gasteiger partial charge is 0.394 e. The lowest BCUT2D eigenvalue weighted by molar-refractivity contribution is -0.366. The van der Waals surface area contributed by atoms with E-state index in [0.717, 1.165) is 0 Å². The van der Waals surface area contributed by atoms with Crippen molar-refractivity contribution in [2.24, 2.45) is 0 Å². The van der Waals surface area contributed by atoms with Gasteiger partial charge in [0.1, 0.15) is 79.0 Å². The van der Waals surface area contributed by atoms with Crippen molar-refractivity contribution in [1.29, 1.82) is 0 Å². The molecule has 22 heteroatoms. The third-order valence-electron chi connectivity index (χ3n) is 9.47. The van der Waals surface area contributed by atoms with Gasteiger partial charge in [0.2, 0.25) is 0 Å². The molecule has 0 aromatic carbocycles. The van der Waals surface area contributed by atoms with Gasteiger partial charge in [0.15, 0.2) is 18.9 Å². The monoisotopic (exact) mass is 785 g/mol. The van der Waals surface area contributed by atoms with Crippen LogP contribution in [-0.2, 0) is 52.4 Å². The molecular formula is C32H51NO21. The Morgan fingerprint density at radius 3 is 1.69 bits per heavy atom. The number of amides is 2. The summed E-state index contributed by atoms with van der Waals surface area (Å²) in [5.74, 6) is -2.04. The third kappa shape index (κ3) is 11.1. The molecule has 4 aliphatic rings. The Labute approximate surface area is 308 Å². The second kappa shape index (κ2) is 20.7. The molecule has 0 bridgehead atoms. The van der Waals surface area contributed by atoms with Gasteiger partial charge in [0.05, 0.1) is 19.8 Å². The lowest BCUT2D eigenvalue weighted by Gasteiger charge is -2.46. The van der Waals surface area contributed by atoms with Crippen molar-refractivity contribution >= 4 is 23.6 Å². The van der Waals surface area contributed by atoms with Gasteiger partial charge in [-0.3, -0.25) is 14.4 Å². The van der Waals surface area contributed by atoms with Crippen LogP contribution in [0.4, 0.5) is 0 Å². The van der Waals surface area contributed by atoms with Crippen LogP contribution < -0.4 is 0 Å². The minimum atomic E-state index is -1.90. The lowest BCUT2D eigenvalue weighted by Crippen LogP contribution is -2.65. The Morgan fingerprint density at radius 2 is 1.09 bits per heavy atom. The SMILES string of the molecule is O=C(CCCCO[C@@H]1O[C@H](CO[C@H]2O[C@H](CO)[C@@H](O)[C@H](O)[C@@H]2O)[C@@H](O)[C@H](O[C@H]2O[C@H](CO)[C@@H](O)[C@H](O)[C@@H]2O)[C@@H]1O)CCCCC(=O)ON1C(=O)CCC1=O. The number of hydroxylamine groups is 2. The van der Waals surface area contributed by atoms with Crippen LogP contribution in [0.15, 0.2) is 0 Å². The van der Waals surface area contributed by atoms with Crippen LogP contribution in [-0.4, -0.2) is 198 Å². The Balaban J connectivity index is 1.28. The highest BCUT2D eigenvalue weighted by Gasteiger charge is 2.52. The molecular weight excluding hydrogens is 734 g/mol. The Bertz CT molecular complexity index is 1220. The first-order valence-electron chi connectivity index (χ1n) is 17.8. The van der Waals surface area contributed by atoms with Gasteiger partial charge >= 0.3 is 5.97 Å². The molecule has 0 aromatic heterocycles. The van der Waals surface area contributed by atoms with E-state index in [1.54, 1.807) is 0 Å². The number of ketones is 1. The Kier molecular flexibility index (Phi) is 17.0. The van der Waals surface area contributed by atoms with E-state index in [4.69, 9.17) is 33.3 Å². The maximum atomic E-state index is 12.4. The number of Topliss-reactive ketones (excluding diaryl/α,β-unsaturated/α-hetero) is 1. The quantitative estimate of drug-likeness (QED) is 0.0431. The Morgan fingerprint density at radius 1 is 0.593 bits per heavy atom. The molecule has 4 fully saturated rings. The number of nitrogens with zero attached hydrogens (tertiary/aromatic N) is 1. The summed E-state index contributed by atoms with van der Waals surface area (Å²) in [7, 11) is 0. The van der Waals surface area contributed by atoms with Gasteiger partial charge in [0.25, 0.3) is 11.8 Å². The number of ether oxygens (including phenoxy) is 6. The molecule has 4 rings (SSSR count). The number of carbonyl (C=O) groups is 4. The van der Waals surface area contributed by atoms with Crippen LogP contribution in [0.1, 0.15) is 57.8 Å². The summed E-state index contributed by atoms with van der Waals surface area (Å²) in [6.45, 7) is -2.23. The summed E-state index contributed by atoms with van der Waals surface area (Å²) in [5, 5.41) is 103. The van der Waals surface area contributed by atoms with E-state index < -0.39 is 130 Å². The minimum absolute atomic E-state index is 0.0203. The van der Waals surface area contributed by atoms with Crippen LogP contribution in [0.5, 0.6) is 0 Å². The fourth-order valence-corrected chi connectivity index (χ4v) is 6.21. The third-order valence-corrected chi connectivity index (χ3v) is 9.47. The van der Waals surface area contributed by atoms with E-state index in [0.29, 0.717) is 24.3 Å².